The number of hydrogen-bond acceptors (Lipinski definition) is 1. The summed E-state index contributed by atoms with van der Waals surface area (Å²) in [5.74, 6) is 0.393. The second-order valence-electron chi connectivity index (χ2n) is 5.70. The molecule has 1 atom stereocenters. The van der Waals surface area contributed by atoms with Crippen molar-refractivity contribution >= 4 is 0 Å². The van der Waals surface area contributed by atoms with Gasteiger partial charge in [-0.1, -0.05) is 18.9 Å². The van der Waals surface area contributed by atoms with Gasteiger partial charge in [-0.05, 0) is 66.8 Å². The summed E-state index contributed by atoms with van der Waals surface area (Å²) in [5.41, 5.74) is 8.73. The minimum atomic E-state index is -0.0965. The van der Waals surface area contributed by atoms with E-state index in [4.69, 9.17) is 5.73 Å². The molecule has 1 unspecified atom stereocenters. The Morgan fingerprint density at radius 2 is 2.06 bits per heavy atom. The molecule has 0 aliphatic heterocycles. The molecule has 0 bridgehead atoms. The normalized spacial score (nSPS) is 25.4. The lowest BCUT2D eigenvalue weighted by molar-refractivity contribution is 0.401. The Hall–Kier alpha value is -0.890. The maximum atomic E-state index is 13.4. The fourth-order valence-electron chi connectivity index (χ4n) is 4.03. The smallest absolute Gasteiger partial charge is 0.123 e. The van der Waals surface area contributed by atoms with Gasteiger partial charge < -0.3 is 5.73 Å². The Morgan fingerprint density at radius 1 is 1.29 bits per heavy atom. The Bertz CT molecular complexity index is 421. The average Bonchev–Trinajstić information content (AvgIpc) is 2.88. The number of nitrogens with two attached hydrogens (primary N) is 1. The zero-order chi connectivity index (χ0) is 11.9. The predicted octanol–water partition coefficient (Wildman–Crippen LogP) is 3.47. The minimum Gasteiger partial charge on any atom is -0.330 e. The van der Waals surface area contributed by atoms with E-state index in [2.05, 4.69) is 0 Å². The van der Waals surface area contributed by atoms with E-state index in [1.54, 1.807) is 12.1 Å². The lowest BCUT2D eigenvalue weighted by Gasteiger charge is -2.24. The molecule has 2 N–H and O–H groups in total. The van der Waals surface area contributed by atoms with Crippen molar-refractivity contribution in [3.05, 3.63) is 35.1 Å². The number of halogens is 1. The molecule has 92 valence electrons. The van der Waals surface area contributed by atoms with E-state index in [1.165, 1.54) is 43.2 Å². The lowest BCUT2D eigenvalue weighted by atomic mass is 9.79. The van der Waals surface area contributed by atoms with Crippen molar-refractivity contribution in [3.63, 3.8) is 0 Å². The van der Waals surface area contributed by atoms with Gasteiger partial charge in [0.25, 0.3) is 0 Å². The van der Waals surface area contributed by atoms with Crippen LogP contribution in [0.3, 0.4) is 0 Å². The second kappa shape index (κ2) is 4.09. The standard InChI is InChI=1S/C15H20FN/c16-12-3-4-14-13(9-12)11(5-8-17)10-15(14)6-1-2-7-15/h3-4,9,11H,1-2,5-8,10,17H2. The van der Waals surface area contributed by atoms with Crippen molar-refractivity contribution in [2.75, 3.05) is 6.54 Å². The van der Waals surface area contributed by atoms with Crippen LogP contribution in [0.1, 0.15) is 55.6 Å². The summed E-state index contributed by atoms with van der Waals surface area (Å²) in [4.78, 5) is 0. The molecule has 3 rings (SSSR count). The average molecular weight is 233 g/mol. The molecule has 1 aromatic carbocycles. The molecule has 0 aromatic heterocycles. The van der Waals surface area contributed by atoms with Crippen LogP contribution in [0.4, 0.5) is 4.39 Å². The van der Waals surface area contributed by atoms with Crippen LogP contribution in [-0.4, -0.2) is 6.54 Å². The van der Waals surface area contributed by atoms with Crippen LogP contribution in [0.5, 0.6) is 0 Å². The monoisotopic (exact) mass is 233 g/mol. The predicted molar refractivity (Wildman–Crippen MR) is 67.6 cm³/mol. The summed E-state index contributed by atoms with van der Waals surface area (Å²) >= 11 is 0. The van der Waals surface area contributed by atoms with Crippen molar-refractivity contribution in [1.29, 1.82) is 0 Å². The largest absolute Gasteiger partial charge is 0.330 e. The van der Waals surface area contributed by atoms with E-state index in [1.807, 2.05) is 6.07 Å². The van der Waals surface area contributed by atoms with Crippen LogP contribution in [0.25, 0.3) is 0 Å². The van der Waals surface area contributed by atoms with E-state index >= 15 is 0 Å². The highest BCUT2D eigenvalue weighted by Crippen LogP contribution is 2.55. The fraction of sp³-hybridized carbons (Fsp3) is 0.600. The number of benzene rings is 1. The van der Waals surface area contributed by atoms with Crippen molar-refractivity contribution in [2.24, 2.45) is 5.73 Å². The molecule has 2 heteroatoms. The van der Waals surface area contributed by atoms with Crippen LogP contribution in [0.15, 0.2) is 18.2 Å². The summed E-state index contributed by atoms with van der Waals surface area (Å²) < 4.78 is 13.4. The summed E-state index contributed by atoms with van der Waals surface area (Å²) in [6, 6.07) is 5.42. The van der Waals surface area contributed by atoms with Crippen LogP contribution in [0.2, 0.25) is 0 Å². The summed E-state index contributed by atoms with van der Waals surface area (Å²) in [6.07, 6.45) is 7.42. The molecule has 0 amide bonds. The summed E-state index contributed by atoms with van der Waals surface area (Å²) in [6.45, 7) is 0.705. The van der Waals surface area contributed by atoms with Crippen molar-refractivity contribution in [1.82, 2.24) is 0 Å². The van der Waals surface area contributed by atoms with Gasteiger partial charge in [0.05, 0.1) is 0 Å². The molecule has 1 fully saturated rings. The Balaban J connectivity index is 2.04. The summed E-state index contributed by atoms with van der Waals surface area (Å²) in [5, 5.41) is 0. The molecule has 2 aliphatic carbocycles. The first-order valence-corrected chi connectivity index (χ1v) is 6.75. The molecule has 1 spiro atoms. The molecule has 1 nitrogen and oxygen atoms in total. The van der Waals surface area contributed by atoms with Gasteiger partial charge in [0, 0.05) is 0 Å². The number of fused-ring (bicyclic) bond motifs is 2. The first-order valence-electron chi connectivity index (χ1n) is 6.75. The molecule has 2 aliphatic rings. The molecule has 0 heterocycles. The molecular formula is C15H20FN. The van der Waals surface area contributed by atoms with Gasteiger partial charge in [0.15, 0.2) is 0 Å². The van der Waals surface area contributed by atoms with Gasteiger partial charge in [-0.3, -0.25) is 0 Å². The molecule has 0 radical (unpaired) electrons. The third kappa shape index (κ3) is 1.70. The number of hydrogen-bond donors (Lipinski definition) is 1. The Morgan fingerprint density at radius 3 is 2.76 bits per heavy atom. The van der Waals surface area contributed by atoms with Crippen LogP contribution >= 0.6 is 0 Å². The van der Waals surface area contributed by atoms with Crippen LogP contribution in [0, 0.1) is 5.82 Å². The number of rotatable bonds is 2. The maximum absolute atomic E-state index is 13.4. The van der Waals surface area contributed by atoms with Gasteiger partial charge in [0.1, 0.15) is 5.82 Å². The van der Waals surface area contributed by atoms with E-state index in [0.717, 1.165) is 6.42 Å². The zero-order valence-electron chi connectivity index (χ0n) is 10.2. The fourth-order valence-corrected chi connectivity index (χ4v) is 4.03. The molecule has 1 aromatic rings. The Labute approximate surface area is 102 Å². The lowest BCUT2D eigenvalue weighted by Crippen LogP contribution is -2.18. The highest BCUT2D eigenvalue weighted by Gasteiger charge is 2.44. The molecule has 1 saturated carbocycles. The van der Waals surface area contributed by atoms with Crippen molar-refractivity contribution in [3.8, 4) is 0 Å². The molecule has 17 heavy (non-hydrogen) atoms. The first kappa shape index (κ1) is 11.2. The third-order valence-corrected chi connectivity index (χ3v) is 4.74. The van der Waals surface area contributed by atoms with E-state index in [-0.39, 0.29) is 5.82 Å². The molecule has 0 saturated heterocycles. The highest BCUT2D eigenvalue weighted by atomic mass is 19.1. The topological polar surface area (TPSA) is 26.0 Å². The van der Waals surface area contributed by atoms with E-state index < -0.39 is 0 Å². The van der Waals surface area contributed by atoms with Gasteiger partial charge in [-0.2, -0.15) is 0 Å². The van der Waals surface area contributed by atoms with E-state index in [0.29, 0.717) is 17.9 Å². The van der Waals surface area contributed by atoms with Crippen molar-refractivity contribution < 1.29 is 4.39 Å². The summed E-state index contributed by atoms with van der Waals surface area (Å²) in [7, 11) is 0. The Kier molecular flexibility index (Phi) is 2.70. The van der Waals surface area contributed by atoms with Gasteiger partial charge in [0.2, 0.25) is 0 Å². The second-order valence-corrected chi connectivity index (χ2v) is 5.70. The third-order valence-electron chi connectivity index (χ3n) is 4.74. The van der Waals surface area contributed by atoms with Crippen LogP contribution < -0.4 is 5.73 Å². The van der Waals surface area contributed by atoms with Gasteiger partial charge >= 0.3 is 0 Å². The van der Waals surface area contributed by atoms with Crippen molar-refractivity contribution in [2.45, 2.75) is 49.9 Å². The quantitative estimate of drug-likeness (QED) is 0.831. The zero-order valence-corrected chi connectivity index (χ0v) is 10.2. The first-order chi connectivity index (χ1) is 8.25. The SMILES string of the molecule is NCCC1CC2(CCCC2)c2ccc(F)cc21. The van der Waals surface area contributed by atoms with Gasteiger partial charge in [-0.15, -0.1) is 0 Å². The highest BCUT2D eigenvalue weighted by molar-refractivity contribution is 5.43. The van der Waals surface area contributed by atoms with Crippen LogP contribution in [-0.2, 0) is 5.41 Å². The van der Waals surface area contributed by atoms with Gasteiger partial charge in [-0.25, -0.2) is 4.39 Å². The maximum Gasteiger partial charge on any atom is 0.123 e. The molecular weight excluding hydrogens is 213 g/mol. The van der Waals surface area contributed by atoms with E-state index in [9.17, 15) is 4.39 Å². The minimum absolute atomic E-state index is 0.0965.